The summed E-state index contributed by atoms with van der Waals surface area (Å²) in [6.45, 7) is 2.02. The van der Waals surface area contributed by atoms with E-state index < -0.39 is 33.8 Å². The van der Waals surface area contributed by atoms with E-state index in [9.17, 15) is 28.1 Å². The molecule has 0 aliphatic carbocycles. The second-order valence-electron chi connectivity index (χ2n) is 5.05. The maximum absolute atomic E-state index is 12.7. The molecule has 1 aromatic carbocycles. The van der Waals surface area contributed by atoms with E-state index in [4.69, 9.17) is 0 Å². The lowest BCUT2D eigenvalue weighted by molar-refractivity contribution is -0.385. The van der Waals surface area contributed by atoms with Crippen LogP contribution in [-0.4, -0.2) is 42.4 Å². The summed E-state index contributed by atoms with van der Waals surface area (Å²) in [7, 11) is 3.57. The van der Waals surface area contributed by atoms with Crippen LogP contribution < -0.4 is 5.32 Å². The number of hydrogen-bond donors (Lipinski definition) is 1. The van der Waals surface area contributed by atoms with Gasteiger partial charge in [-0.2, -0.15) is 13.2 Å². The summed E-state index contributed by atoms with van der Waals surface area (Å²) in [5, 5.41) is 13.2. The average Bonchev–Trinajstić information content (AvgIpc) is 2.42. The summed E-state index contributed by atoms with van der Waals surface area (Å²) in [6, 6.07) is 1.79. The van der Waals surface area contributed by atoms with Gasteiger partial charge in [-0.15, -0.1) is 0 Å². The molecule has 0 aromatic heterocycles. The van der Waals surface area contributed by atoms with Crippen LogP contribution in [0.5, 0.6) is 0 Å². The van der Waals surface area contributed by atoms with E-state index in [0.717, 1.165) is 6.07 Å². The standard InChI is InChI=1S/C13H16F3N3O3/c1-8(18(2)3)7-17-12(20)9-4-10(13(14,15)16)6-11(5-9)19(21)22/h4-6,8H,7H2,1-3H3,(H,17,20)/t8-/m0/s1. The number of alkyl halides is 3. The molecule has 6 nitrogen and oxygen atoms in total. The lowest BCUT2D eigenvalue weighted by Crippen LogP contribution is -2.38. The van der Waals surface area contributed by atoms with E-state index in [1.165, 1.54) is 0 Å². The van der Waals surface area contributed by atoms with Crippen LogP contribution in [0.25, 0.3) is 0 Å². The average molecular weight is 319 g/mol. The van der Waals surface area contributed by atoms with Gasteiger partial charge in [0, 0.05) is 30.3 Å². The first-order valence-corrected chi connectivity index (χ1v) is 6.33. The zero-order valence-corrected chi connectivity index (χ0v) is 12.3. The van der Waals surface area contributed by atoms with Crippen LogP contribution >= 0.6 is 0 Å². The second-order valence-corrected chi connectivity index (χ2v) is 5.05. The van der Waals surface area contributed by atoms with Gasteiger partial charge in [-0.25, -0.2) is 0 Å². The first-order valence-electron chi connectivity index (χ1n) is 6.33. The third-order valence-corrected chi connectivity index (χ3v) is 3.16. The summed E-state index contributed by atoms with van der Waals surface area (Å²) >= 11 is 0. The van der Waals surface area contributed by atoms with E-state index >= 15 is 0 Å². The van der Waals surface area contributed by atoms with Crippen LogP contribution in [0.4, 0.5) is 18.9 Å². The maximum atomic E-state index is 12.7. The molecule has 22 heavy (non-hydrogen) atoms. The summed E-state index contributed by atoms with van der Waals surface area (Å²) in [5.41, 5.74) is -2.40. The molecule has 0 aliphatic heterocycles. The molecule has 1 rings (SSSR count). The Bertz CT molecular complexity index is 573. The van der Waals surface area contributed by atoms with Gasteiger partial charge in [-0.3, -0.25) is 14.9 Å². The molecule has 0 unspecified atom stereocenters. The van der Waals surface area contributed by atoms with Crippen LogP contribution in [0.2, 0.25) is 0 Å². The normalized spacial score (nSPS) is 13.0. The van der Waals surface area contributed by atoms with Crippen molar-refractivity contribution in [2.45, 2.75) is 19.1 Å². The van der Waals surface area contributed by atoms with Crippen LogP contribution in [0.15, 0.2) is 18.2 Å². The summed E-state index contributed by atoms with van der Waals surface area (Å²) in [6.07, 6.45) is -4.77. The summed E-state index contributed by atoms with van der Waals surface area (Å²) < 4.78 is 38.2. The highest BCUT2D eigenvalue weighted by Crippen LogP contribution is 2.32. The van der Waals surface area contributed by atoms with Crippen LogP contribution in [-0.2, 0) is 6.18 Å². The van der Waals surface area contributed by atoms with Crippen molar-refractivity contribution < 1.29 is 22.9 Å². The molecule has 0 radical (unpaired) electrons. The first kappa shape index (κ1) is 17.9. The number of rotatable bonds is 5. The summed E-state index contributed by atoms with van der Waals surface area (Å²) in [4.78, 5) is 23.5. The Hall–Kier alpha value is -2.16. The molecular formula is C13H16F3N3O3. The number of nitrogens with zero attached hydrogens (tertiary/aromatic N) is 2. The smallest absolute Gasteiger partial charge is 0.350 e. The lowest BCUT2D eigenvalue weighted by atomic mass is 10.1. The Morgan fingerprint density at radius 3 is 2.41 bits per heavy atom. The number of non-ortho nitro benzene ring substituents is 1. The number of nitrogens with one attached hydrogen (secondary N) is 1. The van der Waals surface area contributed by atoms with Crippen LogP contribution in [0.3, 0.4) is 0 Å². The number of hydrogen-bond acceptors (Lipinski definition) is 4. The van der Waals surface area contributed by atoms with Gasteiger partial charge in [0.25, 0.3) is 11.6 Å². The van der Waals surface area contributed by atoms with Crippen LogP contribution in [0, 0.1) is 10.1 Å². The molecule has 1 N–H and O–H groups in total. The molecule has 0 bridgehead atoms. The maximum Gasteiger partial charge on any atom is 0.416 e. The van der Waals surface area contributed by atoms with Gasteiger partial charge < -0.3 is 10.2 Å². The molecule has 0 spiro atoms. The molecule has 0 saturated heterocycles. The highest BCUT2D eigenvalue weighted by atomic mass is 19.4. The third kappa shape index (κ3) is 4.69. The molecule has 0 fully saturated rings. The van der Waals surface area contributed by atoms with E-state index in [-0.39, 0.29) is 12.6 Å². The van der Waals surface area contributed by atoms with E-state index in [1.807, 2.05) is 11.8 Å². The van der Waals surface area contributed by atoms with Crippen molar-refractivity contribution in [1.29, 1.82) is 0 Å². The fraction of sp³-hybridized carbons (Fsp3) is 0.462. The van der Waals surface area contributed by atoms with Gasteiger partial charge in [0.05, 0.1) is 10.5 Å². The fourth-order valence-electron chi connectivity index (χ4n) is 1.54. The van der Waals surface area contributed by atoms with E-state index in [0.29, 0.717) is 12.1 Å². The number of nitro groups is 1. The summed E-state index contributed by atoms with van der Waals surface area (Å²) in [5.74, 6) is -0.789. The number of amides is 1. The molecule has 1 atom stereocenters. The predicted molar refractivity (Wildman–Crippen MR) is 73.6 cm³/mol. The number of nitro benzene ring substituents is 1. The second kappa shape index (κ2) is 6.73. The Kier molecular flexibility index (Phi) is 5.48. The number of carbonyl (C=O) groups excluding carboxylic acids is 1. The van der Waals surface area contributed by atoms with Crippen molar-refractivity contribution in [1.82, 2.24) is 10.2 Å². The van der Waals surface area contributed by atoms with Gasteiger partial charge in [0.15, 0.2) is 0 Å². The Balaban J connectivity index is 3.05. The SMILES string of the molecule is C[C@@H](CNC(=O)c1cc([N+](=O)[O-])cc(C(F)(F)F)c1)N(C)C. The fourth-order valence-corrected chi connectivity index (χ4v) is 1.54. The van der Waals surface area contributed by atoms with E-state index in [2.05, 4.69) is 5.32 Å². The highest BCUT2D eigenvalue weighted by Gasteiger charge is 2.33. The minimum Gasteiger partial charge on any atom is -0.350 e. The first-order chi connectivity index (χ1) is 10.0. The van der Waals surface area contributed by atoms with Crippen molar-refractivity contribution in [3.05, 3.63) is 39.4 Å². The lowest BCUT2D eigenvalue weighted by Gasteiger charge is -2.20. The highest BCUT2D eigenvalue weighted by molar-refractivity contribution is 5.95. The molecular weight excluding hydrogens is 303 g/mol. The Morgan fingerprint density at radius 1 is 1.36 bits per heavy atom. The molecule has 0 heterocycles. The predicted octanol–water partition coefficient (Wildman–Crippen LogP) is 2.29. The van der Waals surface area contributed by atoms with Gasteiger partial charge in [0.2, 0.25) is 0 Å². The zero-order valence-electron chi connectivity index (χ0n) is 12.3. The van der Waals surface area contributed by atoms with Crippen molar-refractivity contribution in [3.8, 4) is 0 Å². The van der Waals surface area contributed by atoms with Gasteiger partial charge in [-0.05, 0) is 27.1 Å². The molecule has 1 amide bonds. The number of likely N-dealkylation sites (N-methyl/N-ethyl adjacent to an activating group) is 1. The zero-order chi connectivity index (χ0) is 17.1. The minimum absolute atomic E-state index is 0.0373. The number of carbonyl (C=O) groups is 1. The van der Waals surface area contributed by atoms with Crippen molar-refractivity contribution in [2.75, 3.05) is 20.6 Å². The van der Waals surface area contributed by atoms with Gasteiger partial charge >= 0.3 is 6.18 Å². The minimum atomic E-state index is -4.77. The number of benzene rings is 1. The van der Waals surface area contributed by atoms with Gasteiger partial charge in [-0.1, -0.05) is 0 Å². The van der Waals surface area contributed by atoms with Gasteiger partial charge in [0.1, 0.15) is 0 Å². The molecule has 122 valence electrons. The van der Waals surface area contributed by atoms with E-state index in [1.54, 1.807) is 14.1 Å². The molecule has 9 heteroatoms. The quantitative estimate of drug-likeness (QED) is 0.667. The molecule has 1 aromatic rings. The third-order valence-electron chi connectivity index (χ3n) is 3.16. The number of halogens is 3. The Labute approximate surface area is 125 Å². The topological polar surface area (TPSA) is 75.5 Å². The molecule has 0 aliphatic rings. The van der Waals surface area contributed by atoms with Crippen molar-refractivity contribution in [3.63, 3.8) is 0 Å². The Morgan fingerprint density at radius 2 is 1.95 bits per heavy atom. The van der Waals surface area contributed by atoms with Crippen molar-refractivity contribution in [2.24, 2.45) is 0 Å². The van der Waals surface area contributed by atoms with Crippen molar-refractivity contribution >= 4 is 11.6 Å². The monoisotopic (exact) mass is 319 g/mol. The van der Waals surface area contributed by atoms with Crippen LogP contribution in [0.1, 0.15) is 22.8 Å². The largest absolute Gasteiger partial charge is 0.416 e. The molecule has 0 saturated carbocycles.